The largest absolute Gasteiger partial charge is 0.349 e. The minimum atomic E-state index is -3.62. The first-order valence-electron chi connectivity index (χ1n) is 9.01. The molecule has 1 N–H and O–H groups in total. The number of nitrogens with zero attached hydrogens (tertiary/aromatic N) is 3. The number of sulfonamides is 1. The molecule has 27 heavy (non-hydrogen) atoms. The molecule has 144 valence electrons. The van der Waals surface area contributed by atoms with Crippen LogP contribution in [0.4, 0.5) is 0 Å². The van der Waals surface area contributed by atoms with E-state index in [0.29, 0.717) is 11.4 Å². The fourth-order valence-corrected chi connectivity index (χ4v) is 4.19. The SMILES string of the molecule is Cc1ccc(S(=O)(=O)N(C)Cc2ncc(C(=O)NC3CCCC3)cn2)cc1. The number of nitrogens with one attached hydrogen (secondary N) is 1. The summed E-state index contributed by atoms with van der Waals surface area (Å²) in [5, 5.41) is 2.98. The number of hydrogen-bond donors (Lipinski definition) is 1. The molecule has 1 aliphatic rings. The van der Waals surface area contributed by atoms with E-state index in [2.05, 4.69) is 15.3 Å². The highest BCUT2D eigenvalue weighted by molar-refractivity contribution is 7.89. The van der Waals surface area contributed by atoms with Crippen molar-refractivity contribution < 1.29 is 13.2 Å². The van der Waals surface area contributed by atoms with Gasteiger partial charge in [-0.3, -0.25) is 4.79 Å². The molecule has 2 aromatic rings. The van der Waals surface area contributed by atoms with Gasteiger partial charge in [-0.15, -0.1) is 0 Å². The first-order valence-corrected chi connectivity index (χ1v) is 10.4. The van der Waals surface area contributed by atoms with Gasteiger partial charge in [0.1, 0.15) is 5.82 Å². The first-order chi connectivity index (χ1) is 12.9. The molecule has 8 heteroatoms. The van der Waals surface area contributed by atoms with Crippen molar-refractivity contribution in [3.05, 3.63) is 53.6 Å². The van der Waals surface area contributed by atoms with Gasteiger partial charge < -0.3 is 5.32 Å². The van der Waals surface area contributed by atoms with E-state index in [1.54, 1.807) is 24.3 Å². The second kappa shape index (κ2) is 8.14. The van der Waals surface area contributed by atoms with Crippen molar-refractivity contribution >= 4 is 15.9 Å². The Kier molecular flexibility index (Phi) is 5.86. The summed E-state index contributed by atoms with van der Waals surface area (Å²) in [4.78, 5) is 20.7. The zero-order chi connectivity index (χ0) is 19.4. The molecule has 1 amide bonds. The van der Waals surface area contributed by atoms with E-state index >= 15 is 0 Å². The maximum Gasteiger partial charge on any atom is 0.254 e. The molecular formula is C19H24N4O3S. The van der Waals surface area contributed by atoms with Gasteiger partial charge in [-0.1, -0.05) is 30.5 Å². The van der Waals surface area contributed by atoms with Crippen LogP contribution in [0.3, 0.4) is 0 Å². The Bertz CT molecular complexity index is 890. The van der Waals surface area contributed by atoms with Crippen molar-refractivity contribution in [2.45, 2.75) is 50.1 Å². The molecule has 0 saturated heterocycles. The average molecular weight is 388 g/mol. The van der Waals surface area contributed by atoms with Crippen molar-refractivity contribution in [2.24, 2.45) is 0 Å². The molecule has 1 saturated carbocycles. The molecule has 0 bridgehead atoms. The van der Waals surface area contributed by atoms with Crippen LogP contribution in [-0.4, -0.2) is 41.7 Å². The summed E-state index contributed by atoms with van der Waals surface area (Å²) in [7, 11) is -2.14. The molecule has 1 aliphatic carbocycles. The number of hydrogen-bond acceptors (Lipinski definition) is 5. The van der Waals surface area contributed by atoms with Crippen LogP contribution in [0.2, 0.25) is 0 Å². The van der Waals surface area contributed by atoms with E-state index in [-0.39, 0.29) is 23.4 Å². The van der Waals surface area contributed by atoms with Crippen molar-refractivity contribution in [1.29, 1.82) is 0 Å². The average Bonchev–Trinajstić information content (AvgIpc) is 3.15. The first kappa shape index (κ1) is 19.4. The van der Waals surface area contributed by atoms with Crippen LogP contribution in [0.25, 0.3) is 0 Å². The molecule has 1 fully saturated rings. The van der Waals surface area contributed by atoms with Gasteiger partial charge in [0, 0.05) is 25.5 Å². The summed E-state index contributed by atoms with van der Waals surface area (Å²) < 4.78 is 26.4. The van der Waals surface area contributed by atoms with E-state index in [0.717, 1.165) is 31.2 Å². The van der Waals surface area contributed by atoms with Crippen LogP contribution >= 0.6 is 0 Å². The van der Waals surface area contributed by atoms with Crippen LogP contribution < -0.4 is 5.32 Å². The Morgan fingerprint density at radius 3 is 2.33 bits per heavy atom. The topological polar surface area (TPSA) is 92.3 Å². The summed E-state index contributed by atoms with van der Waals surface area (Å²) in [6.07, 6.45) is 7.18. The summed E-state index contributed by atoms with van der Waals surface area (Å²) >= 11 is 0. The number of aryl methyl sites for hydroxylation is 1. The highest BCUT2D eigenvalue weighted by Crippen LogP contribution is 2.18. The lowest BCUT2D eigenvalue weighted by atomic mass is 10.2. The monoisotopic (exact) mass is 388 g/mol. The Morgan fingerprint density at radius 2 is 1.74 bits per heavy atom. The van der Waals surface area contributed by atoms with Gasteiger partial charge in [-0.2, -0.15) is 4.31 Å². The second-order valence-corrected chi connectivity index (χ2v) is 8.96. The van der Waals surface area contributed by atoms with Crippen molar-refractivity contribution in [3.8, 4) is 0 Å². The second-order valence-electron chi connectivity index (χ2n) is 6.92. The van der Waals surface area contributed by atoms with Gasteiger partial charge in [-0.25, -0.2) is 18.4 Å². The Labute approximate surface area is 159 Å². The number of rotatable bonds is 6. The summed E-state index contributed by atoms with van der Waals surface area (Å²) in [5.41, 5.74) is 1.38. The molecule has 0 atom stereocenters. The van der Waals surface area contributed by atoms with Crippen LogP contribution in [-0.2, 0) is 16.6 Å². The van der Waals surface area contributed by atoms with E-state index in [9.17, 15) is 13.2 Å². The molecule has 0 radical (unpaired) electrons. The lowest BCUT2D eigenvalue weighted by Crippen LogP contribution is -2.33. The maximum absolute atomic E-state index is 12.6. The Balaban J connectivity index is 1.64. The third kappa shape index (κ3) is 4.70. The van der Waals surface area contributed by atoms with Crippen LogP contribution in [0.5, 0.6) is 0 Å². The maximum atomic E-state index is 12.6. The molecule has 1 aromatic heterocycles. The minimum Gasteiger partial charge on any atom is -0.349 e. The fourth-order valence-electron chi connectivity index (χ4n) is 3.07. The van der Waals surface area contributed by atoms with Crippen LogP contribution in [0.15, 0.2) is 41.6 Å². The Hall–Kier alpha value is -2.32. The van der Waals surface area contributed by atoms with E-state index in [1.807, 2.05) is 6.92 Å². The summed E-state index contributed by atoms with van der Waals surface area (Å²) in [5.74, 6) is 0.152. The van der Waals surface area contributed by atoms with Gasteiger partial charge in [0.15, 0.2) is 0 Å². The smallest absolute Gasteiger partial charge is 0.254 e. The lowest BCUT2D eigenvalue weighted by Gasteiger charge is -2.16. The molecule has 1 aromatic carbocycles. The predicted molar refractivity (Wildman–Crippen MR) is 102 cm³/mol. The molecule has 0 aliphatic heterocycles. The van der Waals surface area contributed by atoms with Crippen LogP contribution in [0.1, 0.15) is 47.4 Å². The number of amides is 1. The fraction of sp³-hybridized carbons (Fsp3) is 0.421. The van der Waals surface area contributed by atoms with E-state index in [1.165, 1.54) is 23.7 Å². The van der Waals surface area contributed by atoms with Crippen LogP contribution in [0, 0.1) is 6.92 Å². The number of aromatic nitrogens is 2. The highest BCUT2D eigenvalue weighted by atomic mass is 32.2. The van der Waals surface area contributed by atoms with Crippen molar-refractivity contribution in [2.75, 3.05) is 7.05 Å². The third-order valence-corrected chi connectivity index (χ3v) is 6.57. The number of benzene rings is 1. The van der Waals surface area contributed by atoms with E-state index < -0.39 is 10.0 Å². The van der Waals surface area contributed by atoms with Gasteiger partial charge in [0.2, 0.25) is 10.0 Å². The summed E-state index contributed by atoms with van der Waals surface area (Å²) in [6, 6.07) is 6.91. The third-order valence-electron chi connectivity index (χ3n) is 4.75. The van der Waals surface area contributed by atoms with Crippen molar-refractivity contribution in [3.63, 3.8) is 0 Å². The Morgan fingerprint density at radius 1 is 1.15 bits per heavy atom. The number of carbonyl (C=O) groups is 1. The minimum absolute atomic E-state index is 0.0285. The molecule has 1 heterocycles. The molecule has 7 nitrogen and oxygen atoms in total. The predicted octanol–water partition coefficient (Wildman–Crippen LogP) is 2.28. The lowest BCUT2D eigenvalue weighted by molar-refractivity contribution is 0.0937. The zero-order valence-electron chi connectivity index (χ0n) is 15.6. The summed E-state index contributed by atoms with van der Waals surface area (Å²) in [6.45, 7) is 1.93. The highest BCUT2D eigenvalue weighted by Gasteiger charge is 2.22. The van der Waals surface area contributed by atoms with Gasteiger partial charge in [-0.05, 0) is 31.9 Å². The standard InChI is InChI=1S/C19H24N4O3S/c1-14-7-9-17(10-8-14)27(25,26)23(2)13-18-20-11-15(12-21-18)19(24)22-16-5-3-4-6-16/h7-12,16H,3-6,13H2,1-2H3,(H,22,24). The molecule has 3 rings (SSSR count). The molecule has 0 unspecified atom stereocenters. The van der Waals surface area contributed by atoms with Gasteiger partial charge >= 0.3 is 0 Å². The zero-order valence-corrected chi connectivity index (χ0v) is 16.4. The van der Waals surface area contributed by atoms with Gasteiger partial charge in [0.25, 0.3) is 5.91 Å². The molecule has 0 spiro atoms. The number of carbonyl (C=O) groups excluding carboxylic acids is 1. The quantitative estimate of drug-likeness (QED) is 0.820. The van der Waals surface area contributed by atoms with Gasteiger partial charge in [0.05, 0.1) is 17.0 Å². The van der Waals surface area contributed by atoms with E-state index in [4.69, 9.17) is 0 Å². The molecular weight excluding hydrogens is 364 g/mol. The van der Waals surface area contributed by atoms with Crippen molar-refractivity contribution in [1.82, 2.24) is 19.6 Å². The normalized spacial score (nSPS) is 15.2.